The highest BCUT2D eigenvalue weighted by atomic mass is 32.1. The van der Waals surface area contributed by atoms with Gasteiger partial charge in [0.2, 0.25) is 0 Å². The topological polar surface area (TPSA) is 12.9 Å². The van der Waals surface area contributed by atoms with E-state index in [0.717, 1.165) is 52.5 Å². The Morgan fingerprint density at radius 1 is 1.15 bits per heavy atom. The summed E-state index contributed by atoms with van der Waals surface area (Å²) in [6.45, 7) is 4.13. The van der Waals surface area contributed by atoms with Gasteiger partial charge in [-0.3, -0.25) is 0 Å². The third-order valence-corrected chi connectivity index (χ3v) is 4.18. The Morgan fingerprint density at radius 2 is 1.80 bits per heavy atom. The summed E-state index contributed by atoms with van der Waals surface area (Å²) in [6, 6.07) is 5.20. The van der Waals surface area contributed by atoms with Gasteiger partial charge in [-0.1, -0.05) is 25.5 Å². The zero-order valence-electron chi connectivity index (χ0n) is 11.4. The summed E-state index contributed by atoms with van der Waals surface area (Å²) in [6.07, 6.45) is -1.17. The monoisotopic (exact) mass is 299 g/mol. The number of unbranched alkanes of at least 4 members (excludes halogenated alkanes) is 1. The van der Waals surface area contributed by atoms with Crippen LogP contribution in [0.5, 0.6) is 0 Å². The zero-order valence-corrected chi connectivity index (χ0v) is 12.2. The van der Waals surface area contributed by atoms with Gasteiger partial charge < -0.3 is 0 Å². The molecule has 2 aromatic rings. The molecule has 0 atom stereocenters. The first-order valence-corrected chi connectivity index (χ1v) is 7.37. The van der Waals surface area contributed by atoms with Crippen LogP contribution in [0.2, 0.25) is 0 Å². The van der Waals surface area contributed by atoms with Crippen molar-refractivity contribution in [3.63, 3.8) is 0 Å². The van der Waals surface area contributed by atoms with Crippen molar-refractivity contribution in [2.75, 3.05) is 0 Å². The van der Waals surface area contributed by atoms with Crippen LogP contribution in [0.15, 0.2) is 24.3 Å². The van der Waals surface area contributed by atoms with Crippen LogP contribution in [-0.4, -0.2) is 4.98 Å². The Bertz CT molecular complexity index is 570. The van der Waals surface area contributed by atoms with E-state index in [2.05, 4.69) is 11.9 Å². The van der Waals surface area contributed by atoms with Gasteiger partial charge in [0.15, 0.2) is 0 Å². The van der Waals surface area contributed by atoms with E-state index in [0.29, 0.717) is 0 Å². The maximum absolute atomic E-state index is 12.5. The van der Waals surface area contributed by atoms with E-state index in [-0.39, 0.29) is 0 Å². The molecule has 1 aromatic carbocycles. The van der Waals surface area contributed by atoms with Crippen LogP contribution in [0.4, 0.5) is 13.2 Å². The van der Waals surface area contributed by atoms with E-state index < -0.39 is 11.7 Å². The van der Waals surface area contributed by atoms with Crippen molar-refractivity contribution in [2.45, 2.75) is 39.3 Å². The fourth-order valence-electron chi connectivity index (χ4n) is 1.93. The predicted molar refractivity (Wildman–Crippen MR) is 75.9 cm³/mol. The van der Waals surface area contributed by atoms with Gasteiger partial charge in [0.1, 0.15) is 5.01 Å². The van der Waals surface area contributed by atoms with E-state index in [1.54, 1.807) is 0 Å². The molecule has 1 aromatic heterocycles. The van der Waals surface area contributed by atoms with Gasteiger partial charge in [0.05, 0.1) is 11.3 Å². The molecule has 1 nitrogen and oxygen atoms in total. The van der Waals surface area contributed by atoms with Gasteiger partial charge in [-0.15, -0.1) is 11.3 Å². The van der Waals surface area contributed by atoms with Crippen LogP contribution in [0, 0.1) is 6.92 Å². The molecular formula is C15H16F3NS. The van der Waals surface area contributed by atoms with Crippen LogP contribution in [0.3, 0.4) is 0 Å². The molecule has 2 rings (SSSR count). The molecule has 0 saturated carbocycles. The van der Waals surface area contributed by atoms with Gasteiger partial charge in [0.25, 0.3) is 0 Å². The van der Waals surface area contributed by atoms with Crippen molar-refractivity contribution in [1.82, 2.24) is 4.98 Å². The zero-order chi connectivity index (χ0) is 14.8. The average Bonchev–Trinajstić information content (AvgIpc) is 2.77. The fraction of sp³-hybridized carbons (Fsp3) is 0.400. The SMILES string of the molecule is CCCCc1nc(-c2ccc(C(F)(F)F)cc2)sc1C. The smallest absolute Gasteiger partial charge is 0.241 e. The van der Waals surface area contributed by atoms with Crippen molar-refractivity contribution in [1.29, 1.82) is 0 Å². The number of rotatable bonds is 4. The number of nitrogens with zero attached hydrogens (tertiary/aromatic N) is 1. The van der Waals surface area contributed by atoms with Gasteiger partial charge in [-0.05, 0) is 31.9 Å². The predicted octanol–water partition coefficient (Wildman–Crippen LogP) is 5.48. The second kappa shape index (κ2) is 5.95. The van der Waals surface area contributed by atoms with Crippen LogP contribution in [0.25, 0.3) is 10.6 Å². The first-order chi connectivity index (χ1) is 9.41. The molecule has 0 aliphatic heterocycles. The molecule has 108 valence electrons. The third-order valence-electron chi connectivity index (χ3n) is 3.12. The molecule has 0 N–H and O–H groups in total. The van der Waals surface area contributed by atoms with Gasteiger partial charge in [-0.2, -0.15) is 13.2 Å². The summed E-state index contributed by atoms with van der Waals surface area (Å²) >= 11 is 1.54. The summed E-state index contributed by atoms with van der Waals surface area (Å²) in [5.74, 6) is 0. The highest BCUT2D eigenvalue weighted by Crippen LogP contribution is 2.33. The maximum Gasteiger partial charge on any atom is 0.416 e. The summed E-state index contributed by atoms with van der Waals surface area (Å²) in [5, 5.41) is 0.794. The minimum atomic E-state index is -4.29. The lowest BCUT2D eigenvalue weighted by Gasteiger charge is -2.06. The van der Waals surface area contributed by atoms with Crippen molar-refractivity contribution in [3.8, 4) is 10.6 Å². The normalized spacial score (nSPS) is 11.8. The number of alkyl halides is 3. The van der Waals surface area contributed by atoms with E-state index in [4.69, 9.17) is 0 Å². The first-order valence-electron chi connectivity index (χ1n) is 6.55. The van der Waals surface area contributed by atoms with Crippen molar-refractivity contribution < 1.29 is 13.2 Å². The number of hydrogen-bond donors (Lipinski definition) is 0. The minimum Gasteiger partial charge on any atom is -0.241 e. The highest BCUT2D eigenvalue weighted by Gasteiger charge is 2.30. The molecule has 1 heterocycles. The largest absolute Gasteiger partial charge is 0.416 e. The van der Waals surface area contributed by atoms with Gasteiger partial charge in [0, 0.05) is 10.4 Å². The lowest BCUT2D eigenvalue weighted by atomic mass is 10.1. The first kappa shape index (κ1) is 15.0. The summed E-state index contributed by atoms with van der Waals surface area (Å²) < 4.78 is 37.5. The van der Waals surface area contributed by atoms with Gasteiger partial charge in [-0.25, -0.2) is 4.98 Å². The lowest BCUT2D eigenvalue weighted by molar-refractivity contribution is -0.137. The van der Waals surface area contributed by atoms with E-state index >= 15 is 0 Å². The summed E-state index contributed by atoms with van der Waals surface area (Å²) in [7, 11) is 0. The lowest BCUT2D eigenvalue weighted by Crippen LogP contribution is -2.03. The Morgan fingerprint density at radius 3 is 2.35 bits per heavy atom. The molecule has 0 bridgehead atoms. The second-order valence-electron chi connectivity index (χ2n) is 4.70. The number of hydrogen-bond acceptors (Lipinski definition) is 2. The maximum atomic E-state index is 12.5. The van der Waals surface area contributed by atoms with Crippen LogP contribution < -0.4 is 0 Å². The van der Waals surface area contributed by atoms with E-state index in [1.165, 1.54) is 23.5 Å². The number of thiazole rings is 1. The number of aryl methyl sites for hydroxylation is 2. The second-order valence-corrected chi connectivity index (χ2v) is 5.90. The Hall–Kier alpha value is -1.36. The van der Waals surface area contributed by atoms with E-state index in [1.807, 2.05) is 6.92 Å². The standard InChI is InChI=1S/C15H16F3NS/c1-3-4-5-13-10(2)20-14(19-13)11-6-8-12(9-7-11)15(16,17)18/h6-9H,3-5H2,1-2H3. The van der Waals surface area contributed by atoms with Crippen LogP contribution in [-0.2, 0) is 12.6 Å². The van der Waals surface area contributed by atoms with Crippen molar-refractivity contribution in [2.24, 2.45) is 0 Å². The molecule has 5 heteroatoms. The minimum absolute atomic E-state index is 0.624. The van der Waals surface area contributed by atoms with Crippen LogP contribution in [0.1, 0.15) is 35.9 Å². The Labute approximate surface area is 120 Å². The molecule has 20 heavy (non-hydrogen) atoms. The van der Waals surface area contributed by atoms with E-state index in [9.17, 15) is 13.2 Å². The average molecular weight is 299 g/mol. The molecule has 0 radical (unpaired) electrons. The number of halogens is 3. The Kier molecular flexibility index (Phi) is 4.48. The summed E-state index contributed by atoms with van der Waals surface area (Å²) in [5.41, 5.74) is 1.18. The molecule has 0 amide bonds. The molecular weight excluding hydrogens is 283 g/mol. The van der Waals surface area contributed by atoms with Crippen molar-refractivity contribution >= 4 is 11.3 Å². The Balaban J connectivity index is 2.24. The van der Waals surface area contributed by atoms with Crippen LogP contribution >= 0.6 is 11.3 Å². The van der Waals surface area contributed by atoms with Gasteiger partial charge >= 0.3 is 6.18 Å². The molecule has 0 unspecified atom stereocenters. The summed E-state index contributed by atoms with van der Waals surface area (Å²) in [4.78, 5) is 5.69. The van der Waals surface area contributed by atoms with Crippen molar-refractivity contribution in [3.05, 3.63) is 40.4 Å². The molecule has 0 aliphatic rings. The number of benzene rings is 1. The molecule has 0 aliphatic carbocycles. The third kappa shape index (κ3) is 3.39. The molecule has 0 saturated heterocycles. The molecule has 0 spiro atoms. The molecule has 0 fully saturated rings. The fourth-order valence-corrected chi connectivity index (χ4v) is 2.89. The quantitative estimate of drug-likeness (QED) is 0.728. The number of aromatic nitrogens is 1. The highest BCUT2D eigenvalue weighted by molar-refractivity contribution is 7.15.